The summed E-state index contributed by atoms with van der Waals surface area (Å²) >= 11 is 13.5. The quantitative estimate of drug-likeness (QED) is 0.757. The van der Waals surface area contributed by atoms with Crippen LogP contribution in [0, 0.1) is 5.41 Å². The van der Waals surface area contributed by atoms with Crippen molar-refractivity contribution in [1.29, 1.82) is 0 Å². The van der Waals surface area contributed by atoms with Crippen LogP contribution in [0.25, 0.3) is 0 Å². The van der Waals surface area contributed by atoms with E-state index in [2.05, 4.69) is 23.7 Å². The number of halogens is 2. The Morgan fingerprint density at radius 3 is 2.59 bits per heavy atom. The van der Waals surface area contributed by atoms with Crippen LogP contribution in [0.1, 0.15) is 38.0 Å². The van der Waals surface area contributed by atoms with E-state index < -0.39 is 0 Å². The van der Waals surface area contributed by atoms with Gasteiger partial charge in [0.15, 0.2) is 5.13 Å². The van der Waals surface area contributed by atoms with Crippen molar-refractivity contribution in [3.8, 4) is 0 Å². The minimum atomic E-state index is 0.455. The molecule has 0 spiro atoms. The van der Waals surface area contributed by atoms with E-state index in [0.29, 0.717) is 16.4 Å². The highest BCUT2D eigenvalue weighted by Gasteiger charge is 2.36. The molecule has 0 N–H and O–H groups in total. The number of anilines is 1. The first-order valence-electron chi connectivity index (χ1n) is 6.10. The van der Waals surface area contributed by atoms with Gasteiger partial charge in [-0.15, -0.1) is 11.6 Å². The standard InChI is InChI=1S/C12H18Cl2N2S/c1-3-12(4-2)5-6-16(8-12)11-15-10(14)9(7-13)17-11/h3-8H2,1-2H3. The van der Waals surface area contributed by atoms with Crippen molar-refractivity contribution >= 4 is 39.7 Å². The number of nitrogens with zero attached hydrogens (tertiary/aromatic N) is 2. The normalized spacial score (nSPS) is 18.9. The Labute approximate surface area is 117 Å². The fourth-order valence-electron chi connectivity index (χ4n) is 2.46. The summed E-state index contributed by atoms with van der Waals surface area (Å²) in [5.74, 6) is 0.455. The van der Waals surface area contributed by atoms with Crippen LogP contribution in [0.2, 0.25) is 5.15 Å². The fraction of sp³-hybridized carbons (Fsp3) is 0.750. The number of thiazole rings is 1. The maximum Gasteiger partial charge on any atom is 0.187 e. The lowest BCUT2D eigenvalue weighted by Gasteiger charge is -2.26. The zero-order valence-electron chi connectivity index (χ0n) is 10.3. The van der Waals surface area contributed by atoms with E-state index in [1.807, 2.05) is 0 Å². The molecule has 17 heavy (non-hydrogen) atoms. The molecule has 2 nitrogen and oxygen atoms in total. The highest BCUT2D eigenvalue weighted by Crippen LogP contribution is 2.41. The predicted molar refractivity (Wildman–Crippen MR) is 76.5 cm³/mol. The largest absolute Gasteiger partial charge is 0.347 e. The first-order valence-corrected chi connectivity index (χ1v) is 7.83. The van der Waals surface area contributed by atoms with E-state index in [0.717, 1.165) is 23.1 Å². The van der Waals surface area contributed by atoms with Crippen LogP contribution in [0.15, 0.2) is 0 Å². The summed E-state index contributed by atoms with van der Waals surface area (Å²) < 4.78 is 0. The van der Waals surface area contributed by atoms with E-state index >= 15 is 0 Å². The Bertz CT molecular complexity index is 388. The molecule has 1 aromatic heterocycles. The summed E-state index contributed by atoms with van der Waals surface area (Å²) in [5.41, 5.74) is 0.472. The lowest BCUT2D eigenvalue weighted by atomic mass is 9.82. The van der Waals surface area contributed by atoms with Gasteiger partial charge in [0.1, 0.15) is 5.15 Å². The molecule has 1 aromatic rings. The van der Waals surface area contributed by atoms with Gasteiger partial charge in [-0.25, -0.2) is 4.98 Å². The van der Waals surface area contributed by atoms with Crippen LogP contribution >= 0.6 is 34.5 Å². The van der Waals surface area contributed by atoms with Crippen LogP contribution in [-0.4, -0.2) is 18.1 Å². The van der Waals surface area contributed by atoms with E-state index in [4.69, 9.17) is 23.2 Å². The van der Waals surface area contributed by atoms with Crippen LogP contribution < -0.4 is 4.90 Å². The summed E-state index contributed by atoms with van der Waals surface area (Å²) in [5, 5.41) is 1.61. The monoisotopic (exact) mass is 292 g/mol. The fourth-order valence-corrected chi connectivity index (χ4v) is 3.96. The highest BCUT2D eigenvalue weighted by molar-refractivity contribution is 7.16. The Morgan fingerprint density at radius 1 is 1.41 bits per heavy atom. The number of alkyl halides is 1. The molecule has 0 radical (unpaired) electrons. The molecular formula is C12H18Cl2N2S. The van der Waals surface area contributed by atoms with Gasteiger partial charge in [-0.2, -0.15) is 0 Å². The molecule has 1 saturated heterocycles. The number of aromatic nitrogens is 1. The lowest BCUT2D eigenvalue weighted by molar-refractivity contribution is 0.301. The zero-order valence-corrected chi connectivity index (χ0v) is 12.6. The number of hydrogen-bond acceptors (Lipinski definition) is 3. The van der Waals surface area contributed by atoms with Gasteiger partial charge >= 0.3 is 0 Å². The molecule has 0 aliphatic carbocycles. The minimum Gasteiger partial charge on any atom is -0.347 e. The van der Waals surface area contributed by atoms with Crippen molar-refractivity contribution < 1.29 is 0 Å². The van der Waals surface area contributed by atoms with Gasteiger partial charge in [-0.3, -0.25) is 0 Å². The molecule has 0 saturated carbocycles. The van der Waals surface area contributed by atoms with Gasteiger partial charge < -0.3 is 4.90 Å². The summed E-state index contributed by atoms with van der Waals surface area (Å²) in [7, 11) is 0. The van der Waals surface area contributed by atoms with Crippen LogP contribution in [0.3, 0.4) is 0 Å². The number of rotatable bonds is 4. The van der Waals surface area contributed by atoms with Gasteiger partial charge in [-0.05, 0) is 24.7 Å². The Hall–Kier alpha value is 0.01000. The van der Waals surface area contributed by atoms with Crippen LogP contribution in [0.4, 0.5) is 5.13 Å². The average molecular weight is 293 g/mol. The van der Waals surface area contributed by atoms with Crippen molar-refractivity contribution in [2.24, 2.45) is 5.41 Å². The van der Waals surface area contributed by atoms with Crippen molar-refractivity contribution in [3.63, 3.8) is 0 Å². The van der Waals surface area contributed by atoms with Crippen LogP contribution in [0.5, 0.6) is 0 Å². The van der Waals surface area contributed by atoms with Crippen molar-refractivity contribution in [2.75, 3.05) is 18.0 Å². The van der Waals surface area contributed by atoms with Crippen molar-refractivity contribution in [1.82, 2.24) is 4.98 Å². The molecule has 0 unspecified atom stereocenters. The third-order valence-corrected chi connectivity index (χ3v) is 5.94. The summed E-state index contributed by atoms with van der Waals surface area (Å²) in [4.78, 5) is 7.76. The summed E-state index contributed by atoms with van der Waals surface area (Å²) in [6.45, 7) is 6.76. The second-order valence-electron chi connectivity index (χ2n) is 4.72. The summed E-state index contributed by atoms with van der Waals surface area (Å²) in [6.07, 6.45) is 3.73. The topological polar surface area (TPSA) is 16.1 Å². The molecule has 1 aliphatic rings. The van der Waals surface area contributed by atoms with Crippen molar-refractivity contribution in [2.45, 2.75) is 39.0 Å². The van der Waals surface area contributed by atoms with Gasteiger partial charge in [0.2, 0.25) is 0 Å². The molecule has 1 aliphatic heterocycles. The second kappa shape index (κ2) is 5.33. The molecule has 0 amide bonds. The van der Waals surface area contributed by atoms with E-state index in [9.17, 15) is 0 Å². The zero-order chi connectivity index (χ0) is 12.5. The second-order valence-corrected chi connectivity index (χ2v) is 6.41. The molecule has 2 rings (SSSR count). The third kappa shape index (κ3) is 2.56. The maximum absolute atomic E-state index is 6.05. The number of hydrogen-bond donors (Lipinski definition) is 0. The Balaban J connectivity index is 2.14. The SMILES string of the molecule is CCC1(CC)CCN(c2nc(Cl)c(CCl)s2)C1. The minimum absolute atomic E-state index is 0.455. The van der Waals surface area contributed by atoms with Crippen LogP contribution in [-0.2, 0) is 5.88 Å². The Kier molecular flexibility index (Phi) is 4.22. The maximum atomic E-state index is 6.05. The van der Waals surface area contributed by atoms with E-state index in [1.165, 1.54) is 19.3 Å². The third-order valence-electron chi connectivity index (χ3n) is 3.97. The molecule has 5 heteroatoms. The Morgan fingerprint density at radius 2 is 2.12 bits per heavy atom. The first-order chi connectivity index (χ1) is 8.14. The molecular weight excluding hydrogens is 275 g/mol. The highest BCUT2D eigenvalue weighted by atomic mass is 35.5. The smallest absolute Gasteiger partial charge is 0.187 e. The van der Waals surface area contributed by atoms with Gasteiger partial charge in [0.25, 0.3) is 0 Å². The van der Waals surface area contributed by atoms with E-state index in [-0.39, 0.29) is 0 Å². The summed E-state index contributed by atoms with van der Waals surface area (Å²) in [6, 6.07) is 0. The van der Waals surface area contributed by atoms with E-state index in [1.54, 1.807) is 11.3 Å². The average Bonchev–Trinajstić information content (AvgIpc) is 2.93. The lowest BCUT2D eigenvalue weighted by Crippen LogP contribution is -2.25. The molecule has 0 atom stereocenters. The molecule has 1 fully saturated rings. The van der Waals surface area contributed by atoms with Gasteiger partial charge in [0, 0.05) is 13.1 Å². The molecule has 96 valence electrons. The van der Waals surface area contributed by atoms with Gasteiger partial charge in [-0.1, -0.05) is 36.8 Å². The predicted octanol–water partition coefficient (Wildman–Crippen LogP) is 4.55. The molecule has 0 aromatic carbocycles. The van der Waals surface area contributed by atoms with Crippen molar-refractivity contribution in [3.05, 3.63) is 10.0 Å². The molecule has 0 bridgehead atoms. The van der Waals surface area contributed by atoms with Gasteiger partial charge in [0.05, 0.1) is 10.8 Å². The molecule has 2 heterocycles. The first kappa shape index (κ1) is 13.4.